The van der Waals surface area contributed by atoms with E-state index >= 15 is 0 Å². The van der Waals surface area contributed by atoms with Crippen molar-refractivity contribution in [2.45, 2.75) is 39.0 Å². The third kappa shape index (κ3) is 4.14. The number of rotatable bonds is 8. The number of benzene rings is 2. The van der Waals surface area contributed by atoms with Crippen molar-refractivity contribution < 1.29 is 4.74 Å². The maximum absolute atomic E-state index is 5.84. The van der Waals surface area contributed by atoms with E-state index in [9.17, 15) is 0 Å². The molecule has 3 rings (SSSR count). The second kappa shape index (κ2) is 8.49. The Hall–Kier alpha value is -2.35. The molecule has 0 saturated heterocycles. The van der Waals surface area contributed by atoms with Crippen LogP contribution in [-0.2, 0) is 0 Å². The maximum Gasteiger partial charge on any atom is 0.119 e. The molecule has 0 saturated carbocycles. The van der Waals surface area contributed by atoms with Crippen LogP contribution in [0.3, 0.4) is 0 Å². The van der Waals surface area contributed by atoms with Crippen molar-refractivity contribution in [2.24, 2.45) is 0 Å². The molecule has 1 heterocycles. The molecule has 0 atom stereocenters. The average molecular weight is 319 g/mol. The van der Waals surface area contributed by atoms with Crippen molar-refractivity contribution in [1.29, 1.82) is 0 Å². The van der Waals surface area contributed by atoms with E-state index in [0.717, 1.165) is 30.0 Å². The van der Waals surface area contributed by atoms with Gasteiger partial charge in [-0.1, -0.05) is 56.9 Å². The predicted octanol–water partition coefficient (Wildman–Crippen LogP) is 6.25. The number of unbranched alkanes of at least 4 members (excludes halogenated alkanes) is 4. The molecular weight excluding hydrogens is 294 g/mol. The summed E-state index contributed by atoms with van der Waals surface area (Å²) in [5.74, 6) is 0.939. The third-order valence-corrected chi connectivity index (χ3v) is 4.32. The maximum atomic E-state index is 5.84. The first-order valence-electron chi connectivity index (χ1n) is 8.95. The second-order valence-electron chi connectivity index (χ2n) is 6.17. The van der Waals surface area contributed by atoms with E-state index in [1.807, 2.05) is 18.3 Å². The second-order valence-corrected chi connectivity index (χ2v) is 6.17. The van der Waals surface area contributed by atoms with Gasteiger partial charge in [-0.3, -0.25) is 4.98 Å². The molecule has 2 aromatic carbocycles. The van der Waals surface area contributed by atoms with Gasteiger partial charge < -0.3 is 4.74 Å². The molecule has 0 unspecified atom stereocenters. The fraction of sp³-hybridized carbons (Fsp3) is 0.318. The van der Waals surface area contributed by atoms with E-state index in [0.29, 0.717) is 0 Å². The van der Waals surface area contributed by atoms with Gasteiger partial charge in [-0.2, -0.15) is 0 Å². The zero-order valence-corrected chi connectivity index (χ0v) is 14.4. The van der Waals surface area contributed by atoms with E-state index in [2.05, 4.69) is 54.4 Å². The van der Waals surface area contributed by atoms with Gasteiger partial charge in [-0.15, -0.1) is 0 Å². The number of aromatic nitrogens is 1. The zero-order chi connectivity index (χ0) is 16.6. The summed E-state index contributed by atoms with van der Waals surface area (Å²) in [6, 6.07) is 18.7. The molecule has 1 aromatic heterocycles. The number of ether oxygens (including phenoxy) is 1. The lowest BCUT2D eigenvalue weighted by atomic mass is 10.0. The number of pyridine rings is 1. The molecule has 3 aromatic rings. The minimum Gasteiger partial charge on any atom is -0.494 e. The highest BCUT2D eigenvalue weighted by Crippen LogP contribution is 2.27. The van der Waals surface area contributed by atoms with Gasteiger partial charge in [0.1, 0.15) is 5.75 Å². The molecule has 2 heteroatoms. The zero-order valence-electron chi connectivity index (χ0n) is 14.4. The third-order valence-electron chi connectivity index (χ3n) is 4.32. The number of hydrogen-bond donors (Lipinski definition) is 0. The van der Waals surface area contributed by atoms with Crippen LogP contribution in [0.2, 0.25) is 0 Å². The molecule has 0 aliphatic heterocycles. The molecule has 0 bridgehead atoms. The fourth-order valence-corrected chi connectivity index (χ4v) is 2.95. The Morgan fingerprint density at radius 1 is 0.833 bits per heavy atom. The summed E-state index contributed by atoms with van der Waals surface area (Å²) < 4.78 is 5.84. The standard InChI is InChI=1S/C22H25NO/c1-2-3-4-5-8-17-24-20-13-11-19(12-14-20)22-21-10-7-6-9-18(21)15-16-23-22/h6-7,9-16H,2-5,8,17H2,1H3. The van der Waals surface area contributed by atoms with Gasteiger partial charge in [0, 0.05) is 17.1 Å². The fourth-order valence-electron chi connectivity index (χ4n) is 2.95. The molecule has 0 aliphatic rings. The highest BCUT2D eigenvalue weighted by Gasteiger charge is 2.05. The van der Waals surface area contributed by atoms with Crippen LogP contribution in [0.1, 0.15) is 39.0 Å². The molecule has 2 nitrogen and oxygen atoms in total. The SMILES string of the molecule is CCCCCCCOc1ccc(-c2nccc3ccccc23)cc1. The van der Waals surface area contributed by atoms with Gasteiger partial charge in [0.2, 0.25) is 0 Å². The quantitative estimate of drug-likeness (QED) is 0.458. The van der Waals surface area contributed by atoms with Crippen LogP contribution in [0.15, 0.2) is 60.8 Å². The highest BCUT2D eigenvalue weighted by atomic mass is 16.5. The topological polar surface area (TPSA) is 22.1 Å². The minimum atomic E-state index is 0.801. The first-order valence-corrected chi connectivity index (χ1v) is 8.95. The molecular formula is C22H25NO. The molecule has 0 aliphatic carbocycles. The largest absolute Gasteiger partial charge is 0.494 e. The van der Waals surface area contributed by atoms with Crippen LogP contribution in [0, 0.1) is 0 Å². The monoisotopic (exact) mass is 319 g/mol. The molecule has 0 fully saturated rings. The molecule has 0 spiro atoms. The highest BCUT2D eigenvalue weighted by molar-refractivity contribution is 5.94. The number of hydrogen-bond acceptors (Lipinski definition) is 2. The number of nitrogens with zero attached hydrogens (tertiary/aromatic N) is 1. The van der Waals surface area contributed by atoms with Crippen molar-refractivity contribution in [3.63, 3.8) is 0 Å². The van der Waals surface area contributed by atoms with Gasteiger partial charge in [0.25, 0.3) is 0 Å². The van der Waals surface area contributed by atoms with Crippen LogP contribution in [0.4, 0.5) is 0 Å². The summed E-state index contributed by atoms with van der Waals surface area (Å²) in [6.45, 7) is 3.04. The summed E-state index contributed by atoms with van der Waals surface area (Å²) in [7, 11) is 0. The molecule has 0 N–H and O–H groups in total. The van der Waals surface area contributed by atoms with Crippen molar-refractivity contribution in [3.05, 3.63) is 60.8 Å². The van der Waals surface area contributed by atoms with Gasteiger partial charge in [0.05, 0.1) is 12.3 Å². The Labute approximate surface area is 144 Å². The summed E-state index contributed by atoms with van der Waals surface area (Å²) in [5.41, 5.74) is 2.15. The summed E-state index contributed by atoms with van der Waals surface area (Å²) >= 11 is 0. The van der Waals surface area contributed by atoms with E-state index in [-0.39, 0.29) is 0 Å². The van der Waals surface area contributed by atoms with Gasteiger partial charge in [-0.25, -0.2) is 0 Å². The molecule has 24 heavy (non-hydrogen) atoms. The Morgan fingerprint density at radius 2 is 1.62 bits per heavy atom. The van der Waals surface area contributed by atoms with Crippen LogP contribution in [-0.4, -0.2) is 11.6 Å². The lowest BCUT2D eigenvalue weighted by Gasteiger charge is -2.08. The van der Waals surface area contributed by atoms with Crippen LogP contribution in [0.5, 0.6) is 5.75 Å². The Kier molecular flexibility index (Phi) is 5.84. The first kappa shape index (κ1) is 16.5. The lowest BCUT2D eigenvalue weighted by Crippen LogP contribution is -1.97. The van der Waals surface area contributed by atoms with Gasteiger partial charge in [0.15, 0.2) is 0 Å². The van der Waals surface area contributed by atoms with Crippen molar-refractivity contribution in [3.8, 4) is 17.0 Å². The van der Waals surface area contributed by atoms with Gasteiger partial charge in [-0.05, 0) is 42.1 Å². The first-order chi connectivity index (χ1) is 11.9. The summed E-state index contributed by atoms with van der Waals surface area (Å²) in [6.07, 6.45) is 8.18. The molecule has 0 radical (unpaired) electrons. The Morgan fingerprint density at radius 3 is 2.46 bits per heavy atom. The smallest absolute Gasteiger partial charge is 0.119 e. The van der Waals surface area contributed by atoms with Crippen LogP contribution >= 0.6 is 0 Å². The van der Waals surface area contributed by atoms with Crippen LogP contribution in [0.25, 0.3) is 22.0 Å². The Bertz CT molecular complexity index is 759. The normalized spacial score (nSPS) is 10.9. The Balaban J connectivity index is 1.64. The lowest BCUT2D eigenvalue weighted by molar-refractivity contribution is 0.304. The minimum absolute atomic E-state index is 0.801. The van der Waals surface area contributed by atoms with Gasteiger partial charge >= 0.3 is 0 Å². The summed E-state index contributed by atoms with van der Waals surface area (Å²) in [5, 5.41) is 2.40. The van der Waals surface area contributed by atoms with E-state index in [1.165, 1.54) is 36.5 Å². The average Bonchev–Trinajstić information content (AvgIpc) is 2.65. The van der Waals surface area contributed by atoms with E-state index in [4.69, 9.17) is 4.74 Å². The van der Waals surface area contributed by atoms with Crippen molar-refractivity contribution in [2.75, 3.05) is 6.61 Å². The van der Waals surface area contributed by atoms with E-state index < -0.39 is 0 Å². The molecule has 0 amide bonds. The summed E-state index contributed by atoms with van der Waals surface area (Å²) in [4.78, 5) is 4.57. The molecule has 124 valence electrons. The number of fused-ring (bicyclic) bond motifs is 1. The van der Waals surface area contributed by atoms with E-state index in [1.54, 1.807) is 0 Å². The predicted molar refractivity (Wildman–Crippen MR) is 101 cm³/mol. The van der Waals surface area contributed by atoms with Crippen LogP contribution < -0.4 is 4.74 Å². The van der Waals surface area contributed by atoms with Crippen molar-refractivity contribution in [1.82, 2.24) is 4.98 Å². The van der Waals surface area contributed by atoms with Crippen molar-refractivity contribution >= 4 is 10.8 Å².